The molecule has 0 spiro atoms. The van der Waals surface area contributed by atoms with Crippen molar-refractivity contribution in [3.63, 3.8) is 0 Å². The van der Waals surface area contributed by atoms with Gasteiger partial charge < -0.3 is 11.1 Å². The fraction of sp³-hybridized carbons (Fsp3) is 0.250. The topological polar surface area (TPSA) is 44.5 Å². The number of hydrogen-bond donors (Lipinski definition) is 2. The molecule has 0 aliphatic carbocycles. The summed E-state index contributed by atoms with van der Waals surface area (Å²) < 4.78 is 18.3. The van der Waals surface area contributed by atoms with Gasteiger partial charge >= 0.3 is 0 Å². The van der Waals surface area contributed by atoms with E-state index in [1.165, 1.54) is 4.42 Å². The van der Waals surface area contributed by atoms with Crippen molar-refractivity contribution in [1.29, 1.82) is 0 Å². The van der Waals surface area contributed by atoms with Crippen molar-refractivity contribution in [2.45, 2.75) is 54.3 Å². The van der Waals surface area contributed by atoms with Crippen LogP contribution in [-0.2, 0) is 38.8 Å². The number of nitrogens with zero attached hydrogens (tertiary/aromatic N) is 2. The summed E-state index contributed by atoms with van der Waals surface area (Å²) in [6.45, 7) is 1.21. The summed E-state index contributed by atoms with van der Waals surface area (Å²) in [7, 11) is 0. The SMILES string of the molecule is NCCNCC(Cc1c(Br)c(Br)c(Br)c(Br)c1Br)(Cc1c(Br)c(Br)c(Br)c(Br)c1Br)N(Cc1c(Br)c(Br)c(Br)c(Br)c1Br)C(Cc1c(Br)c(Br)c(Br)c(Br)c1Br)(Cc1c(Br)c(Br)c(Br)c(Br)c1Br)C(Cl)(Cl)N(Cl)Cc1ccccc1. The quantitative estimate of drug-likeness (QED) is 0.0200. The second-order valence-electron chi connectivity index (χ2n) is 17.3. The molecular weight excluding hydrogens is 2740 g/mol. The fourth-order valence-electron chi connectivity index (χ4n) is 8.78. The second kappa shape index (κ2) is 32.8. The Morgan fingerprint density at radius 2 is 0.625 bits per heavy atom. The number of rotatable bonds is 20. The normalized spacial score (nSPS) is 12.5. The van der Waals surface area contributed by atoms with Gasteiger partial charge in [-0.2, -0.15) is 4.42 Å². The summed E-state index contributed by atoms with van der Waals surface area (Å²) in [5.74, 6) is 0. The van der Waals surface area contributed by atoms with Gasteiger partial charge in [-0.05, 0) is 469 Å². The van der Waals surface area contributed by atoms with E-state index in [-0.39, 0.29) is 45.3 Å². The van der Waals surface area contributed by atoms with Crippen LogP contribution >= 0.6 is 433 Å². The average molecular weight is 2760 g/mol. The van der Waals surface area contributed by atoms with Gasteiger partial charge in [0.25, 0.3) is 0 Å². The summed E-state index contributed by atoms with van der Waals surface area (Å²) in [4.78, 5) is 2.46. The smallest absolute Gasteiger partial charge is 0.203 e. The Morgan fingerprint density at radius 1 is 0.362 bits per heavy atom. The molecule has 0 aliphatic rings. The first-order valence-corrected chi connectivity index (χ1v) is 42.7. The lowest BCUT2D eigenvalue weighted by Crippen LogP contribution is -2.74. The molecule has 0 aromatic heterocycles. The van der Waals surface area contributed by atoms with Crippen LogP contribution in [0.25, 0.3) is 0 Å². The van der Waals surface area contributed by atoms with Crippen LogP contribution in [0.4, 0.5) is 0 Å². The van der Waals surface area contributed by atoms with Crippen molar-refractivity contribution >= 4 is 433 Å². The molecule has 6 aromatic carbocycles. The molecule has 4 nitrogen and oxygen atoms in total. The lowest BCUT2D eigenvalue weighted by atomic mass is 9.74. The Bertz CT molecular complexity index is 3120. The molecule has 0 heterocycles. The first kappa shape index (κ1) is 77.0. The highest BCUT2D eigenvalue weighted by molar-refractivity contribution is 9.18. The maximum Gasteiger partial charge on any atom is 0.203 e. The average Bonchev–Trinajstić information content (AvgIpc) is 3.56. The maximum absolute atomic E-state index is 8.78. The molecule has 0 aliphatic heterocycles. The van der Waals surface area contributed by atoms with Gasteiger partial charge in [0, 0.05) is 150 Å². The van der Waals surface area contributed by atoms with E-state index in [2.05, 4.69) is 408 Å². The maximum atomic E-state index is 8.78. The van der Waals surface area contributed by atoms with Gasteiger partial charge in [-0.15, -0.1) is 0 Å². The van der Waals surface area contributed by atoms with Crippen molar-refractivity contribution in [2.75, 3.05) is 19.6 Å². The number of benzene rings is 6. The summed E-state index contributed by atoms with van der Waals surface area (Å²) in [6.07, 6.45) is 0.694. The summed E-state index contributed by atoms with van der Waals surface area (Å²) >= 11 is 125. The first-order valence-electron chi connectivity index (χ1n) is 21.7. The van der Waals surface area contributed by atoms with Crippen molar-refractivity contribution in [3.8, 4) is 0 Å². The molecular formula is C48H26Br25Cl3N4. The summed E-state index contributed by atoms with van der Waals surface area (Å²) in [5, 5.41) is 3.87. The Kier molecular flexibility index (Phi) is 31.6. The van der Waals surface area contributed by atoms with Gasteiger partial charge in [-0.1, -0.05) is 53.5 Å². The van der Waals surface area contributed by atoms with E-state index in [0.717, 1.165) is 127 Å². The minimum Gasteiger partial charge on any atom is -0.329 e. The van der Waals surface area contributed by atoms with Crippen molar-refractivity contribution in [1.82, 2.24) is 14.6 Å². The van der Waals surface area contributed by atoms with Crippen LogP contribution in [0, 0.1) is 0 Å². The molecule has 80 heavy (non-hydrogen) atoms. The molecule has 0 fully saturated rings. The van der Waals surface area contributed by atoms with Crippen molar-refractivity contribution in [3.05, 3.63) is 176 Å². The molecule has 0 unspecified atom stereocenters. The largest absolute Gasteiger partial charge is 0.329 e. The van der Waals surface area contributed by atoms with Crippen LogP contribution in [0.1, 0.15) is 33.4 Å². The van der Waals surface area contributed by atoms with Gasteiger partial charge in [-0.25, -0.2) is 0 Å². The number of hydrogen-bond acceptors (Lipinski definition) is 4. The minimum atomic E-state index is -2.12. The molecule has 0 radical (unpaired) electrons. The highest BCUT2D eigenvalue weighted by Crippen LogP contribution is 2.59. The molecule has 3 N–H and O–H groups in total. The predicted octanol–water partition coefficient (Wildman–Crippen LogP) is 29.3. The lowest BCUT2D eigenvalue weighted by Gasteiger charge is -2.60. The standard InChI is InChI=1S/C48H26Br25Cl3N4/c49-21-16(22(50)32(60)41(69)31(21)59)8-46(14-78-7-6-77,9-17-23(51)33(61)42(70)34(62)24(17)52)79(13-20-29(57)39(67)45(73)40(68)30(20)58)47(10-18-25(53)35(63)43(71)36(64)26(18)54,11-19-27(55)37(65)44(72)38(66)28(19)56)48(74,75)80(76)12-15-4-2-1-3-5-15/h1-5,78H,6-14,77H2. The van der Waals surface area contributed by atoms with Crippen LogP contribution < -0.4 is 11.1 Å². The lowest BCUT2D eigenvalue weighted by molar-refractivity contribution is -0.0621. The second-order valence-corrected chi connectivity index (χ2v) is 38.8. The Hall–Kier alpha value is 8.03. The van der Waals surface area contributed by atoms with Gasteiger partial charge in [0.2, 0.25) is 4.46 Å². The molecule has 6 aromatic rings. The molecule has 0 atom stereocenters. The number of halogens is 28. The molecule has 0 amide bonds. The van der Waals surface area contributed by atoms with E-state index in [9.17, 15) is 0 Å². The van der Waals surface area contributed by atoms with Gasteiger partial charge in [0.05, 0.1) is 5.54 Å². The predicted molar refractivity (Wildman–Crippen MR) is 425 cm³/mol. The molecule has 0 bridgehead atoms. The third-order valence-corrected chi connectivity index (χ3v) is 45.6. The van der Waals surface area contributed by atoms with E-state index < -0.39 is 15.5 Å². The van der Waals surface area contributed by atoms with Crippen LogP contribution in [0.2, 0.25) is 0 Å². The van der Waals surface area contributed by atoms with E-state index in [0.29, 0.717) is 31.0 Å². The molecule has 0 saturated heterocycles. The molecule has 32 heteroatoms. The molecule has 0 saturated carbocycles. The van der Waals surface area contributed by atoms with Crippen LogP contribution in [0.5, 0.6) is 0 Å². The van der Waals surface area contributed by atoms with E-state index in [4.69, 9.17) is 40.7 Å². The van der Waals surface area contributed by atoms with Crippen LogP contribution in [0.3, 0.4) is 0 Å². The minimum absolute atomic E-state index is 0.0761. The van der Waals surface area contributed by atoms with E-state index in [1.54, 1.807) is 0 Å². The van der Waals surface area contributed by atoms with Gasteiger partial charge in [0.15, 0.2) is 0 Å². The zero-order valence-corrected chi connectivity index (χ0v) is 80.7. The molecule has 6 rings (SSSR count). The molecule has 434 valence electrons. The Labute approximate surface area is 689 Å². The summed E-state index contributed by atoms with van der Waals surface area (Å²) in [5.41, 5.74) is 8.63. The van der Waals surface area contributed by atoms with E-state index >= 15 is 0 Å². The van der Waals surface area contributed by atoms with Crippen LogP contribution in [-0.4, -0.2) is 44.5 Å². The third-order valence-electron chi connectivity index (χ3n) is 12.7. The number of nitrogens with one attached hydrogen (secondary N) is 1. The first-order chi connectivity index (χ1) is 37.2. The third kappa shape index (κ3) is 16.0. The zero-order valence-electron chi connectivity index (χ0n) is 38.8. The van der Waals surface area contributed by atoms with Crippen molar-refractivity contribution in [2.24, 2.45) is 5.73 Å². The monoisotopic (exact) mass is 2740 g/mol. The zero-order chi connectivity index (χ0) is 60.2. The number of nitrogens with two attached hydrogens (primary N) is 1. The highest BCUT2D eigenvalue weighted by Gasteiger charge is 2.62. The van der Waals surface area contributed by atoms with Gasteiger partial charge in [-0.3, -0.25) is 4.90 Å². The Morgan fingerprint density at radius 3 is 0.912 bits per heavy atom. The summed E-state index contributed by atoms with van der Waals surface area (Å²) in [6, 6.07) is 9.86. The number of alkyl halides is 2. The van der Waals surface area contributed by atoms with E-state index in [1.807, 2.05) is 30.3 Å². The van der Waals surface area contributed by atoms with Crippen LogP contribution in [0.15, 0.2) is 142 Å². The van der Waals surface area contributed by atoms with Gasteiger partial charge in [0.1, 0.15) is 0 Å². The van der Waals surface area contributed by atoms with Crippen molar-refractivity contribution < 1.29 is 0 Å². The highest BCUT2D eigenvalue weighted by atomic mass is 79.9. The Balaban J connectivity index is 2.05. The fourth-order valence-corrected chi connectivity index (χ4v) is 26.7.